The van der Waals surface area contributed by atoms with Gasteiger partial charge in [0.1, 0.15) is 11.5 Å². The topological polar surface area (TPSA) is 87.1 Å². The van der Waals surface area contributed by atoms with E-state index in [2.05, 4.69) is 19.9 Å². The third kappa shape index (κ3) is 3.02. The Labute approximate surface area is 133 Å². The highest BCUT2D eigenvalue weighted by Crippen LogP contribution is 2.23. The Morgan fingerprint density at radius 1 is 1.35 bits per heavy atom. The fourth-order valence-corrected chi connectivity index (χ4v) is 2.89. The number of likely N-dealkylation sites (N-methyl/N-ethyl adjacent to an activating group) is 1. The molecule has 8 nitrogen and oxygen atoms in total. The van der Waals surface area contributed by atoms with E-state index in [9.17, 15) is 9.59 Å². The van der Waals surface area contributed by atoms with E-state index in [1.807, 2.05) is 24.9 Å². The fraction of sp³-hybridized carbons (Fsp3) is 0.467. The lowest BCUT2D eigenvalue weighted by atomic mass is 10.1. The number of aromatic amines is 1. The summed E-state index contributed by atoms with van der Waals surface area (Å²) in [6.07, 6.45) is 3.65. The van der Waals surface area contributed by atoms with Crippen molar-refractivity contribution in [2.24, 2.45) is 7.05 Å². The molecule has 2 aromatic heterocycles. The van der Waals surface area contributed by atoms with Gasteiger partial charge in [0, 0.05) is 44.8 Å². The number of hydrogen-bond donors (Lipinski definition) is 1. The molecule has 1 aliphatic rings. The largest absolute Gasteiger partial charge is 0.345 e. The minimum absolute atomic E-state index is 0.0239. The van der Waals surface area contributed by atoms with Crippen molar-refractivity contribution in [1.82, 2.24) is 29.3 Å². The summed E-state index contributed by atoms with van der Waals surface area (Å²) in [5, 5.41) is 0. The molecule has 8 heteroatoms. The first-order valence-electron chi connectivity index (χ1n) is 7.50. The Bertz CT molecular complexity index is 780. The summed E-state index contributed by atoms with van der Waals surface area (Å²) in [7, 11) is 3.97. The minimum atomic E-state index is -0.497. The highest BCUT2D eigenvalue weighted by Gasteiger charge is 2.31. The summed E-state index contributed by atoms with van der Waals surface area (Å²) in [6.45, 7) is 3.60. The zero-order valence-corrected chi connectivity index (χ0v) is 13.5. The van der Waals surface area contributed by atoms with Gasteiger partial charge in [0.2, 0.25) is 0 Å². The van der Waals surface area contributed by atoms with Gasteiger partial charge in [-0.05, 0) is 20.0 Å². The minimum Gasteiger partial charge on any atom is -0.337 e. The van der Waals surface area contributed by atoms with Crippen molar-refractivity contribution in [2.45, 2.75) is 13.0 Å². The zero-order valence-electron chi connectivity index (χ0n) is 13.5. The van der Waals surface area contributed by atoms with Crippen LogP contribution in [0.4, 0.5) is 0 Å². The van der Waals surface area contributed by atoms with Crippen LogP contribution in [0.2, 0.25) is 0 Å². The zero-order chi connectivity index (χ0) is 16.6. The van der Waals surface area contributed by atoms with Gasteiger partial charge in [-0.2, -0.15) is 4.98 Å². The molecule has 1 aliphatic heterocycles. The van der Waals surface area contributed by atoms with Gasteiger partial charge in [-0.25, -0.2) is 9.78 Å². The smallest absolute Gasteiger partial charge is 0.337 e. The molecule has 3 rings (SSSR count). The van der Waals surface area contributed by atoms with Crippen LogP contribution in [0.5, 0.6) is 0 Å². The van der Waals surface area contributed by atoms with E-state index < -0.39 is 5.69 Å². The highest BCUT2D eigenvalue weighted by molar-refractivity contribution is 5.92. The SMILES string of the molecule is Cc1cc(C(=O)N2CCN(C)C(c3nccn3C)C2)nc(=O)[nH]1. The number of nitrogens with zero attached hydrogens (tertiary/aromatic N) is 5. The van der Waals surface area contributed by atoms with Gasteiger partial charge in [-0.15, -0.1) is 0 Å². The molecule has 0 bridgehead atoms. The van der Waals surface area contributed by atoms with Crippen molar-refractivity contribution < 1.29 is 4.79 Å². The molecule has 122 valence electrons. The Morgan fingerprint density at radius 3 is 2.78 bits per heavy atom. The molecular formula is C15H20N6O2. The van der Waals surface area contributed by atoms with Crippen molar-refractivity contribution in [3.8, 4) is 0 Å². The van der Waals surface area contributed by atoms with Gasteiger partial charge in [0.05, 0.1) is 6.04 Å². The number of H-pyrrole nitrogens is 1. The number of amides is 1. The summed E-state index contributed by atoms with van der Waals surface area (Å²) < 4.78 is 1.96. The molecule has 1 N–H and O–H groups in total. The predicted molar refractivity (Wildman–Crippen MR) is 84.1 cm³/mol. The van der Waals surface area contributed by atoms with Crippen LogP contribution in [-0.4, -0.2) is 61.9 Å². The number of aromatic nitrogens is 4. The van der Waals surface area contributed by atoms with Crippen LogP contribution >= 0.6 is 0 Å². The quantitative estimate of drug-likeness (QED) is 0.839. The first kappa shape index (κ1) is 15.4. The number of aryl methyl sites for hydroxylation is 2. The Hall–Kier alpha value is -2.48. The molecular weight excluding hydrogens is 296 g/mol. The van der Waals surface area contributed by atoms with E-state index in [1.165, 1.54) is 0 Å². The van der Waals surface area contributed by atoms with Crippen molar-refractivity contribution in [3.05, 3.63) is 46.2 Å². The van der Waals surface area contributed by atoms with Crippen LogP contribution in [-0.2, 0) is 7.05 Å². The maximum Gasteiger partial charge on any atom is 0.345 e. The summed E-state index contributed by atoms with van der Waals surface area (Å²) in [6, 6.07) is 1.63. The maximum absolute atomic E-state index is 12.7. The van der Waals surface area contributed by atoms with E-state index in [0.29, 0.717) is 18.8 Å². The van der Waals surface area contributed by atoms with Crippen molar-refractivity contribution in [1.29, 1.82) is 0 Å². The lowest BCUT2D eigenvalue weighted by molar-refractivity contribution is 0.0522. The number of imidazole rings is 1. The molecule has 1 unspecified atom stereocenters. The van der Waals surface area contributed by atoms with Crippen molar-refractivity contribution >= 4 is 5.91 Å². The van der Waals surface area contributed by atoms with E-state index in [4.69, 9.17) is 0 Å². The van der Waals surface area contributed by atoms with Crippen LogP contribution in [0.15, 0.2) is 23.3 Å². The third-order valence-corrected chi connectivity index (χ3v) is 4.19. The second-order valence-electron chi connectivity index (χ2n) is 5.90. The number of carbonyl (C=O) groups is 1. The maximum atomic E-state index is 12.7. The van der Waals surface area contributed by atoms with Gasteiger partial charge < -0.3 is 14.5 Å². The Balaban J connectivity index is 1.84. The van der Waals surface area contributed by atoms with E-state index in [0.717, 1.165) is 12.4 Å². The molecule has 0 aliphatic carbocycles. The van der Waals surface area contributed by atoms with E-state index >= 15 is 0 Å². The predicted octanol–water partition coefficient (Wildman–Crippen LogP) is -0.0593. The summed E-state index contributed by atoms with van der Waals surface area (Å²) in [5.41, 5.74) is 0.320. The molecule has 1 fully saturated rings. The molecule has 0 radical (unpaired) electrons. The number of rotatable bonds is 2. The van der Waals surface area contributed by atoms with Crippen LogP contribution < -0.4 is 5.69 Å². The standard InChI is InChI=1S/C15H20N6O2/c1-10-8-11(18-15(23)17-10)14(22)21-7-6-19(2)12(9-21)13-16-4-5-20(13)3/h4-5,8,12H,6-7,9H2,1-3H3,(H,17,18,23). The van der Waals surface area contributed by atoms with Crippen LogP contribution in [0.1, 0.15) is 28.0 Å². The molecule has 23 heavy (non-hydrogen) atoms. The van der Waals surface area contributed by atoms with Crippen molar-refractivity contribution in [2.75, 3.05) is 26.7 Å². The van der Waals surface area contributed by atoms with Gasteiger partial charge in [-0.1, -0.05) is 0 Å². The van der Waals surface area contributed by atoms with Gasteiger partial charge in [0.15, 0.2) is 0 Å². The van der Waals surface area contributed by atoms with Crippen LogP contribution in [0.25, 0.3) is 0 Å². The fourth-order valence-electron chi connectivity index (χ4n) is 2.89. The monoisotopic (exact) mass is 316 g/mol. The molecule has 2 aromatic rings. The average Bonchev–Trinajstić information content (AvgIpc) is 2.92. The van der Waals surface area contributed by atoms with E-state index in [1.54, 1.807) is 24.1 Å². The number of hydrogen-bond acceptors (Lipinski definition) is 5. The lowest BCUT2D eigenvalue weighted by Gasteiger charge is -2.38. The Morgan fingerprint density at radius 2 is 2.13 bits per heavy atom. The summed E-state index contributed by atoms with van der Waals surface area (Å²) >= 11 is 0. The second-order valence-corrected chi connectivity index (χ2v) is 5.90. The molecule has 1 atom stereocenters. The number of nitrogens with one attached hydrogen (secondary N) is 1. The van der Waals surface area contributed by atoms with Gasteiger partial charge in [-0.3, -0.25) is 9.69 Å². The lowest BCUT2D eigenvalue weighted by Crippen LogP contribution is -2.50. The molecule has 1 amide bonds. The van der Waals surface area contributed by atoms with Gasteiger partial charge >= 0.3 is 5.69 Å². The Kier molecular flexibility index (Phi) is 3.99. The third-order valence-electron chi connectivity index (χ3n) is 4.19. The number of piperazine rings is 1. The first-order chi connectivity index (χ1) is 11.0. The first-order valence-corrected chi connectivity index (χ1v) is 7.50. The number of carbonyl (C=O) groups excluding carboxylic acids is 1. The molecule has 0 spiro atoms. The average molecular weight is 316 g/mol. The highest BCUT2D eigenvalue weighted by atomic mass is 16.2. The molecule has 0 aromatic carbocycles. The molecule has 3 heterocycles. The normalized spacial score (nSPS) is 19.1. The van der Waals surface area contributed by atoms with E-state index in [-0.39, 0.29) is 17.6 Å². The molecule has 0 saturated carbocycles. The van der Waals surface area contributed by atoms with Crippen molar-refractivity contribution in [3.63, 3.8) is 0 Å². The summed E-state index contributed by atoms with van der Waals surface area (Å²) in [4.78, 5) is 38.8. The van der Waals surface area contributed by atoms with Crippen LogP contribution in [0, 0.1) is 6.92 Å². The summed E-state index contributed by atoms with van der Waals surface area (Å²) in [5.74, 6) is 0.701. The molecule has 1 saturated heterocycles. The van der Waals surface area contributed by atoms with Gasteiger partial charge in [0.25, 0.3) is 5.91 Å². The van der Waals surface area contributed by atoms with Crippen LogP contribution in [0.3, 0.4) is 0 Å². The second kappa shape index (κ2) is 5.96.